The molecule has 1 aromatic heterocycles. The van der Waals surface area contributed by atoms with E-state index in [2.05, 4.69) is 39.0 Å². The van der Waals surface area contributed by atoms with Crippen LogP contribution in [-0.4, -0.2) is 29.3 Å². The maximum absolute atomic E-state index is 4.03. The summed E-state index contributed by atoms with van der Waals surface area (Å²) in [6, 6.07) is 6.94. The lowest BCUT2D eigenvalue weighted by Gasteiger charge is -2.24. The van der Waals surface area contributed by atoms with Gasteiger partial charge in [0.05, 0.1) is 11.7 Å². The molecule has 4 nitrogen and oxygen atoms in total. The zero-order chi connectivity index (χ0) is 10.8. The number of piperidine rings is 1. The Labute approximate surface area is 119 Å². The second kappa shape index (κ2) is 6.83. The molecule has 0 atom stereocenters. The van der Waals surface area contributed by atoms with Crippen molar-refractivity contribution in [3.8, 4) is 0 Å². The second-order valence-corrected chi connectivity index (χ2v) is 4.34. The minimum atomic E-state index is 0. The standard InChI is InChI=1S/C12H16N4.2ClH/c1-2-12-9(8-14-16-12)7-11(1)15-10-3-5-13-6-4-10;;/h1-2,7-8,10,13,15H,3-6H2,(H,14,16);2*1H. The molecule has 3 rings (SSSR count). The number of nitrogens with zero attached hydrogens (tertiary/aromatic N) is 1. The van der Waals surface area contributed by atoms with Crippen LogP contribution < -0.4 is 10.6 Å². The van der Waals surface area contributed by atoms with Crippen LogP contribution in [0.5, 0.6) is 0 Å². The fourth-order valence-electron chi connectivity index (χ4n) is 2.23. The summed E-state index contributed by atoms with van der Waals surface area (Å²) in [5.41, 5.74) is 2.29. The quantitative estimate of drug-likeness (QED) is 0.796. The number of H-pyrrole nitrogens is 1. The molecule has 0 unspecified atom stereocenters. The summed E-state index contributed by atoms with van der Waals surface area (Å²) in [5.74, 6) is 0. The molecule has 1 aliphatic rings. The highest BCUT2D eigenvalue weighted by Gasteiger charge is 2.12. The summed E-state index contributed by atoms with van der Waals surface area (Å²) in [6.07, 6.45) is 4.26. The highest BCUT2D eigenvalue weighted by Crippen LogP contribution is 2.19. The molecular formula is C12H18Cl2N4. The SMILES string of the molecule is Cl.Cl.c1cc2[nH]ncc2cc1NC1CCNCC1. The Morgan fingerprint density at radius 1 is 1.17 bits per heavy atom. The van der Waals surface area contributed by atoms with Crippen LogP contribution in [0.3, 0.4) is 0 Å². The monoisotopic (exact) mass is 288 g/mol. The van der Waals surface area contributed by atoms with Gasteiger partial charge in [0.25, 0.3) is 0 Å². The van der Waals surface area contributed by atoms with Crippen LogP contribution in [0.4, 0.5) is 5.69 Å². The number of aromatic amines is 1. The Morgan fingerprint density at radius 3 is 2.72 bits per heavy atom. The van der Waals surface area contributed by atoms with E-state index in [4.69, 9.17) is 0 Å². The van der Waals surface area contributed by atoms with E-state index in [0.717, 1.165) is 18.6 Å². The number of nitrogens with one attached hydrogen (secondary N) is 3. The Balaban J connectivity index is 0.000000810. The van der Waals surface area contributed by atoms with E-state index >= 15 is 0 Å². The molecule has 18 heavy (non-hydrogen) atoms. The van der Waals surface area contributed by atoms with Crippen molar-refractivity contribution in [3.05, 3.63) is 24.4 Å². The molecule has 0 bridgehead atoms. The molecule has 0 saturated carbocycles. The van der Waals surface area contributed by atoms with Gasteiger partial charge < -0.3 is 10.6 Å². The van der Waals surface area contributed by atoms with Crippen LogP contribution in [0.25, 0.3) is 10.9 Å². The van der Waals surface area contributed by atoms with Gasteiger partial charge in [0.15, 0.2) is 0 Å². The van der Waals surface area contributed by atoms with Gasteiger partial charge in [-0.15, -0.1) is 24.8 Å². The van der Waals surface area contributed by atoms with Crippen LogP contribution in [-0.2, 0) is 0 Å². The number of fused-ring (bicyclic) bond motifs is 1. The maximum Gasteiger partial charge on any atom is 0.0651 e. The predicted molar refractivity (Wildman–Crippen MR) is 80.1 cm³/mol. The van der Waals surface area contributed by atoms with E-state index in [1.165, 1.54) is 23.9 Å². The van der Waals surface area contributed by atoms with Crippen molar-refractivity contribution >= 4 is 41.4 Å². The molecule has 1 fully saturated rings. The van der Waals surface area contributed by atoms with Crippen molar-refractivity contribution in [2.75, 3.05) is 18.4 Å². The minimum absolute atomic E-state index is 0. The smallest absolute Gasteiger partial charge is 0.0651 e. The van der Waals surface area contributed by atoms with Crippen molar-refractivity contribution in [1.82, 2.24) is 15.5 Å². The maximum atomic E-state index is 4.03. The fraction of sp³-hybridized carbons (Fsp3) is 0.417. The number of aromatic nitrogens is 2. The third-order valence-corrected chi connectivity index (χ3v) is 3.15. The van der Waals surface area contributed by atoms with Crippen LogP contribution in [0.15, 0.2) is 24.4 Å². The van der Waals surface area contributed by atoms with E-state index in [1.807, 2.05) is 6.20 Å². The normalized spacial score (nSPS) is 15.8. The Morgan fingerprint density at radius 2 is 1.94 bits per heavy atom. The zero-order valence-corrected chi connectivity index (χ0v) is 11.6. The second-order valence-electron chi connectivity index (χ2n) is 4.34. The highest BCUT2D eigenvalue weighted by molar-refractivity contribution is 5.85. The molecule has 3 N–H and O–H groups in total. The molecule has 2 aromatic rings. The predicted octanol–water partition coefficient (Wildman–Crippen LogP) is 2.57. The van der Waals surface area contributed by atoms with Gasteiger partial charge in [0.1, 0.15) is 0 Å². The van der Waals surface area contributed by atoms with Crippen LogP contribution in [0.1, 0.15) is 12.8 Å². The van der Waals surface area contributed by atoms with Gasteiger partial charge in [-0.1, -0.05) is 0 Å². The number of hydrogen-bond acceptors (Lipinski definition) is 3. The Kier molecular flexibility index (Phi) is 5.72. The van der Waals surface area contributed by atoms with Crippen molar-refractivity contribution in [1.29, 1.82) is 0 Å². The Bertz CT molecular complexity index is 480. The Hall–Kier alpha value is -0.970. The third kappa shape index (κ3) is 3.28. The van der Waals surface area contributed by atoms with Crippen molar-refractivity contribution < 1.29 is 0 Å². The molecule has 0 radical (unpaired) electrons. The molecular weight excluding hydrogens is 271 g/mol. The summed E-state index contributed by atoms with van der Waals surface area (Å²) in [5, 5.41) is 15.1. The van der Waals surface area contributed by atoms with Gasteiger partial charge in [0.2, 0.25) is 0 Å². The average molecular weight is 289 g/mol. The summed E-state index contributed by atoms with van der Waals surface area (Å²) in [7, 11) is 0. The summed E-state index contributed by atoms with van der Waals surface area (Å²) < 4.78 is 0. The first-order valence-corrected chi connectivity index (χ1v) is 5.82. The van der Waals surface area contributed by atoms with Gasteiger partial charge in [-0.2, -0.15) is 5.10 Å². The lowest BCUT2D eigenvalue weighted by atomic mass is 10.1. The van der Waals surface area contributed by atoms with Crippen LogP contribution >= 0.6 is 24.8 Å². The van der Waals surface area contributed by atoms with Gasteiger partial charge in [-0.3, -0.25) is 5.10 Å². The first kappa shape index (κ1) is 15.1. The van der Waals surface area contributed by atoms with Crippen LogP contribution in [0, 0.1) is 0 Å². The zero-order valence-electron chi connectivity index (χ0n) is 9.98. The molecule has 0 aliphatic carbocycles. The molecule has 0 spiro atoms. The lowest BCUT2D eigenvalue weighted by Crippen LogP contribution is -2.35. The van der Waals surface area contributed by atoms with E-state index < -0.39 is 0 Å². The molecule has 0 amide bonds. The molecule has 2 heterocycles. The topological polar surface area (TPSA) is 52.7 Å². The largest absolute Gasteiger partial charge is 0.382 e. The summed E-state index contributed by atoms with van der Waals surface area (Å²) in [4.78, 5) is 0. The van der Waals surface area contributed by atoms with Crippen molar-refractivity contribution in [3.63, 3.8) is 0 Å². The fourth-order valence-corrected chi connectivity index (χ4v) is 2.23. The summed E-state index contributed by atoms with van der Waals surface area (Å²) in [6.45, 7) is 2.23. The average Bonchev–Trinajstić information content (AvgIpc) is 2.77. The van der Waals surface area contributed by atoms with Gasteiger partial charge in [-0.25, -0.2) is 0 Å². The first-order valence-electron chi connectivity index (χ1n) is 5.82. The molecule has 100 valence electrons. The number of rotatable bonds is 2. The van der Waals surface area contributed by atoms with Gasteiger partial charge in [-0.05, 0) is 44.1 Å². The molecule has 1 aromatic carbocycles. The highest BCUT2D eigenvalue weighted by atomic mass is 35.5. The van der Waals surface area contributed by atoms with E-state index in [0.29, 0.717) is 6.04 Å². The van der Waals surface area contributed by atoms with Crippen molar-refractivity contribution in [2.24, 2.45) is 0 Å². The van der Waals surface area contributed by atoms with E-state index in [9.17, 15) is 0 Å². The lowest BCUT2D eigenvalue weighted by molar-refractivity contribution is 0.479. The third-order valence-electron chi connectivity index (χ3n) is 3.15. The van der Waals surface area contributed by atoms with E-state index in [1.54, 1.807) is 0 Å². The molecule has 1 aliphatic heterocycles. The minimum Gasteiger partial charge on any atom is -0.382 e. The molecule has 1 saturated heterocycles. The van der Waals surface area contributed by atoms with Crippen molar-refractivity contribution in [2.45, 2.75) is 18.9 Å². The molecule has 6 heteroatoms. The van der Waals surface area contributed by atoms with Gasteiger partial charge in [0, 0.05) is 17.1 Å². The number of hydrogen-bond donors (Lipinski definition) is 3. The van der Waals surface area contributed by atoms with Gasteiger partial charge >= 0.3 is 0 Å². The number of halogens is 2. The number of benzene rings is 1. The summed E-state index contributed by atoms with van der Waals surface area (Å²) >= 11 is 0. The number of anilines is 1. The first-order chi connectivity index (χ1) is 7.92. The van der Waals surface area contributed by atoms with Crippen LogP contribution in [0.2, 0.25) is 0 Å². The van der Waals surface area contributed by atoms with E-state index in [-0.39, 0.29) is 24.8 Å².